The fraction of sp³-hybridized carbons (Fsp3) is 0.682. The lowest BCUT2D eigenvalue weighted by Crippen LogP contribution is -2.46. The van der Waals surface area contributed by atoms with E-state index in [1.807, 2.05) is 17.0 Å². The molecular formula is C22H35N3O. The minimum atomic E-state index is 0.0490. The van der Waals surface area contributed by atoms with Crippen LogP contribution in [0, 0.1) is 17.8 Å². The van der Waals surface area contributed by atoms with Gasteiger partial charge in [0.05, 0.1) is 0 Å². The molecule has 1 aromatic rings. The maximum absolute atomic E-state index is 12.5. The smallest absolute Gasteiger partial charge is 0.321 e. The van der Waals surface area contributed by atoms with Crippen LogP contribution in [0.15, 0.2) is 24.3 Å². The molecule has 0 unspecified atom stereocenters. The monoisotopic (exact) mass is 357 g/mol. The highest BCUT2D eigenvalue weighted by Crippen LogP contribution is 2.25. The summed E-state index contributed by atoms with van der Waals surface area (Å²) in [6.07, 6.45) is 4.65. The molecule has 0 aliphatic carbocycles. The lowest BCUT2D eigenvalue weighted by Gasteiger charge is -2.39. The van der Waals surface area contributed by atoms with Gasteiger partial charge in [0.15, 0.2) is 0 Å². The molecule has 0 aromatic heterocycles. The van der Waals surface area contributed by atoms with Gasteiger partial charge in [-0.1, -0.05) is 32.9 Å². The van der Waals surface area contributed by atoms with Gasteiger partial charge in [-0.05, 0) is 61.1 Å². The number of nitrogens with one attached hydrogen (secondary N) is 1. The number of likely N-dealkylation sites (tertiary alicyclic amines) is 2. The van der Waals surface area contributed by atoms with Gasteiger partial charge in [-0.15, -0.1) is 0 Å². The zero-order valence-corrected chi connectivity index (χ0v) is 16.7. The van der Waals surface area contributed by atoms with Crippen molar-refractivity contribution in [3.05, 3.63) is 29.8 Å². The summed E-state index contributed by atoms with van der Waals surface area (Å²) in [7, 11) is 0. The SMILES string of the molecule is CCc1ccc(NC(=O)N2CCC(CN3C[C@H](C)C[C@@H](C)C3)CC2)cc1. The van der Waals surface area contributed by atoms with Gasteiger partial charge in [0.2, 0.25) is 0 Å². The molecule has 0 radical (unpaired) electrons. The van der Waals surface area contributed by atoms with E-state index < -0.39 is 0 Å². The third-order valence-electron chi connectivity index (χ3n) is 5.98. The normalized spacial score (nSPS) is 25.3. The highest BCUT2D eigenvalue weighted by molar-refractivity contribution is 5.89. The Kier molecular flexibility index (Phi) is 6.58. The van der Waals surface area contributed by atoms with Gasteiger partial charge in [0, 0.05) is 38.4 Å². The zero-order valence-electron chi connectivity index (χ0n) is 16.7. The van der Waals surface area contributed by atoms with Gasteiger partial charge >= 0.3 is 6.03 Å². The predicted molar refractivity (Wildman–Crippen MR) is 109 cm³/mol. The van der Waals surface area contributed by atoms with Crippen molar-refractivity contribution in [1.82, 2.24) is 9.80 Å². The van der Waals surface area contributed by atoms with Crippen LogP contribution in [0.25, 0.3) is 0 Å². The number of anilines is 1. The summed E-state index contributed by atoms with van der Waals surface area (Å²) in [6.45, 7) is 12.4. The Morgan fingerprint density at radius 1 is 1.08 bits per heavy atom. The molecule has 1 aromatic carbocycles. The van der Waals surface area contributed by atoms with E-state index in [2.05, 4.69) is 43.1 Å². The molecule has 2 heterocycles. The van der Waals surface area contributed by atoms with Gasteiger partial charge in [-0.3, -0.25) is 0 Å². The van der Waals surface area contributed by atoms with Crippen LogP contribution in [-0.2, 0) is 6.42 Å². The summed E-state index contributed by atoms with van der Waals surface area (Å²) in [4.78, 5) is 17.1. The zero-order chi connectivity index (χ0) is 18.5. The number of carbonyl (C=O) groups excluding carboxylic acids is 1. The largest absolute Gasteiger partial charge is 0.325 e. The first-order chi connectivity index (χ1) is 12.5. The Bertz CT molecular complexity index is 568. The molecule has 2 saturated heterocycles. The number of urea groups is 1. The Labute approximate surface area is 158 Å². The molecule has 2 amide bonds. The summed E-state index contributed by atoms with van der Waals surface area (Å²) in [6, 6.07) is 8.22. The van der Waals surface area contributed by atoms with Crippen molar-refractivity contribution in [3.8, 4) is 0 Å². The van der Waals surface area contributed by atoms with E-state index in [9.17, 15) is 4.79 Å². The van der Waals surface area contributed by atoms with Crippen LogP contribution in [0.5, 0.6) is 0 Å². The molecule has 4 heteroatoms. The van der Waals surface area contributed by atoms with E-state index in [-0.39, 0.29) is 6.03 Å². The Balaban J connectivity index is 1.43. The number of hydrogen-bond acceptors (Lipinski definition) is 2. The molecule has 0 spiro atoms. The average Bonchev–Trinajstić information content (AvgIpc) is 2.62. The number of aryl methyl sites for hydroxylation is 1. The van der Waals surface area contributed by atoms with E-state index >= 15 is 0 Å². The van der Waals surface area contributed by atoms with E-state index in [0.29, 0.717) is 0 Å². The highest BCUT2D eigenvalue weighted by atomic mass is 16.2. The summed E-state index contributed by atoms with van der Waals surface area (Å²) >= 11 is 0. The Morgan fingerprint density at radius 2 is 1.69 bits per heavy atom. The summed E-state index contributed by atoms with van der Waals surface area (Å²) < 4.78 is 0. The predicted octanol–water partition coefficient (Wildman–Crippen LogP) is 4.47. The molecule has 2 atom stereocenters. The average molecular weight is 358 g/mol. The number of piperidine rings is 2. The van der Waals surface area contributed by atoms with Gasteiger partial charge in [-0.2, -0.15) is 0 Å². The molecule has 1 N–H and O–H groups in total. The van der Waals surface area contributed by atoms with Crippen molar-refractivity contribution in [2.24, 2.45) is 17.8 Å². The standard InChI is InChI=1S/C22H35N3O/c1-4-19-5-7-21(8-6-19)23-22(26)25-11-9-20(10-12-25)16-24-14-17(2)13-18(3)15-24/h5-8,17-18,20H,4,9-16H2,1-3H3,(H,23,26)/t17-,18-/m1/s1. The number of rotatable bonds is 4. The molecular weight excluding hydrogens is 322 g/mol. The van der Waals surface area contributed by atoms with E-state index in [1.54, 1.807) is 0 Å². The number of hydrogen-bond donors (Lipinski definition) is 1. The third-order valence-corrected chi connectivity index (χ3v) is 5.98. The highest BCUT2D eigenvalue weighted by Gasteiger charge is 2.27. The number of benzene rings is 1. The number of carbonyl (C=O) groups is 1. The van der Waals surface area contributed by atoms with Crippen LogP contribution in [0.3, 0.4) is 0 Å². The van der Waals surface area contributed by atoms with Crippen molar-refractivity contribution in [1.29, 1.82) is 0 Å². The quantitative estimate of drug-likeness (QED) is 0.863. The first kappa shape index (κ1) is 19.2. The van der Waals surface area contributed by atoms with Crippen molar-refractivity contribution >= 4 is 11.7 Å². The van der Waals surface area contributed by atoms with Crippen molar-refractivity contribution in [3.63, 3.8) is 0 Å². The lowest BCUT2D eigenvalue weighted by atomic mass is 9.89. The molecule has 2 aliphatic rings. The molecule has 2 fully saturated rings. The van der Waals surface area contributed by atoms with Gasteiger partial charge in [-0.25, -0.2) is 4.79 Å². The Morgan fingerprint density at radius 3 is 2.27 bits per heavy atom. The molecule has 3 rings (SSSR count). The lowest BCUT2D eigenvalue weighted by molar-refractivity contribution is 0.101. The van der Waals surface area contributed by atoms with Gasteiger partial charge < -0.3 is 15.1 Å². The van der Waals surface area contributed by atoms with Crippen molar-refractivity contribution < 1.29 is 4.79 Å². The fourth-order valence-corrected chi connectivity index (χ4v) is 4.65. The van der Waals surface area contributed by atoms with Crippen LogP contribution in [0.4, 0.5) is 10.5 Å². The van der Waals surface area contributed by atoms with Crippen LogP contribution < -0.4 is 5.32 Å². The van der Waals surface area contributed by atoms with Crippen molar-refractivity contribution in [2.45, 2.75) is 46.5 Å². The molecule has 26 heavy (non-hydrogen) atoms. The van der Waals surface area contributed by atoms with Crippen LogP contribution in [0.2, 0.25) is 0 Å². The minimum Gasteiger partial charge on any atom is -0.325 e. The topological polar surface area (TPSA) is 35.6 Å². The first-order valence-electron chi connectivity index (χ1n) is 10.4. The van der Waals surface area contributed by atoms with E-state index in [0.717, 1.165) is 55.8 Å². The fourth-order valence-electron chi connectivity index (χ4n) is 4.65. The molecule has 144 valence electrons. The Hall–Kier alpha value is -1.55. The first-order valence-corrected chi connectivity index (χ1v) is 10.4. The summed E-state index contributed by atoms with van der Waals surface area (Å²) in [5.41, 5.74) is 2.19. The second-order valence-electron chi connectivity index (χ2n) is 8.58. The van der Waals surface area contributed by atoms with E-state index in [4.69, 9.17) is 0 Å². The second-order valence-corrected chi connectivity index (χ2v) is 8.58. The van der Waals surface area contributed by atoms with Crippen LogP contribution >= 0.6 is 0 Å². The number of nitrogens with zero attached hydrogens (tertiary/aromatic N) is 2. The third kappa shape index (κ3) is 5.23. The molecule has 4 nitrogen and oxygen atoms in total. The van der Waals surface area contributed by atoms with Gasteiger partial charge in [0.25, 0.3) is 0 Å². The van der Waals surface area contributed by atoms with Crippen molar-refractivity contribution in [2.75, 3.05) is 38.0 Å². The van der Waals surface area contributed by atoms with Crippen LogP contribution in [-0.4, -0.2) is 48.6 Å². The summed E-state index contributed by atoms with van der Waals surface area (Å²) in [5.74, 6) is 2.38. The molecule has 0 bridgehead atoms. The maximum Gasteiger partial charge on any atom is 0.321 e. The van der Waals surface area contributed by atoms with Gasteiger partial charge in [0.1, 0.15) is 0 Å². The molecule has 2 aliphatic heterocycles. The number of amides is 2. The van der Waals surface area contributed by atoms with Crippen LogP contribution in [0.1, 0.15) is 45.6 Å². The van der Waals surface area contributed by atoms with E-state index in [1.165, 1.54) is 31.6 Å². The summed E-state index contributed by atoms with van der Waals surface area (Å²) in [5, 5.41) is 3.05. The molecule has 0 saturated carbocycles. The second kappa shape index (κ2) is 8.90. The maximum atomic E-state index is 12.5. The minimum absolute atomic E-state index is 0.0490.